The average molecular weight is 1260 g/mol. The number of rotatable bonds is 1. The van der Waals surface area contributed by atoms with E-state index in [0.717, 1.165) is 126 Å². The van der Waals surface area contributed by atoms with E-state index < -0.39 is 0 Å². The van der Waals surface area contributed by atoms with Gasteiger partial charge < -0.3 is 43.8 Å². The number of nitrogens with zero attached hydrogens (tertiary/aromatic N) is 10. The zero-order valence-electron chi connectivity index (χ0n) is 62.5. The van der Waals surface area contributed by atoms with Crippen molar-refractivity contribution in [1.29, 1.82) is 0 Å². The Balaban J connectivity index is 0.000000119. The second-order valence-corrected chi connectivity index (χ2v) is 35.0. The van der Waals surface area contributed by atoms with E-state index in [1.807, 2.05) is 0 Å². The van der Waals surface area contributed by atoms with E-state index in [2.05, 4.69) is 194 Å². The predicted molar refractivity (Wildman–Crippen MR) is 382 cm³/mol. The molecular formula is C78H148N10O2. The van der Waals surface area contributed by atoms with Crippen LogP contribution in [0.15, 0.2) is 12.2 Å². The Kier molecular flexibility index (Phi) is 27.9. The smallest absolute Gasteiger partial charge is 0.101 e. The Morgan fingerprint density at radius 1 is 0.344 bits per heavy atom. The fourth-order valence-electron chi connectivity index (χ4n) is 20.9. The normalized spacial score (nSPS) is 45.9. The third kappa shape index (κ3) is 19.8. The van der Waals surface area contributed by atoms with Gasteiger partial charge in [-0.1, -0.05) is 81.4 Å². The Hall–Kier alpha value is -0.740. The first kappa shape index (κ1) is 73.5. The van der Waals surface area contributed by atoms with E-state index in [1.54, 1.807) is 0 Å². The van der Waals surface area contributed by atoms with Gasteiger partial charge in [0.2, 0.25) is 0 Å². The van der Waals surface area contributed by atoms with Gasteiger partial charge in [-0.05, 0) is 310 Å². The molecular weight excluding hydrogens is 1110 g/mol. The lowest BCUT2D eigenvalue weighted by molar-refractivity contribution is 0.0526. The molecule has 0 aliphatic carbocycles. The molecule has 19 aliphatic rings. The summed E-state index contributed by atoms with van der Waals surface area (Å²) in [6.45, 7) is 36.8. The molecule has 12 bridgehead atoms. The molecule has 20 unspecified atom stereocenters. The van der Waals surface area contributed by atoms with Crippen LogP contribution in [0.3, 0.4) is 0 Å². The molecule has 0 amide bonds. The zero-order chi connectivity index (χ0) is 64.7. The lowest BCUT2D eigenvalue weighted by Gasteiger charge is -2.43. The van der Waals surface area contributed by atoms with Crippen LogP contribution in [-0.4, -0.2) is 269 Å². The number of piperidine rings is 8. The molecule has 12 nitrogen and oxygen atoms in total. The summed E-state index contributed by atoms with van der Waals surface area (Å²) in [7, 11) is 20.1. The van der Waals surface area contributed by atoms with Crippen LogP contribution in [-0.2, 0) is 9.47 Å². The largest absolute Gasteiger partial charge is 0.366 e. The summed E-state index contributed by atoms with van der Waals surface area (Å²) in [5.41, 5.74) is 0. The highest BCUT2D eigenvalue weighted by Gasteiger charge is 2.65. The molecule has 20 atom stereocenters. The molecule has 18 fully saturated rings. The lowest BCUT2D eigenvalue weighted by Crippen LogP contribution is -2.46. The fraction of sp³-hybridized carbons (Fsp3) is 0.974. The highest BCUT2D eigenvalue weighted by Crippen LogP contribution is 2.52. The van der Waals surface area contributed by atoms with Crippen molar-refractivity contribution in [3.63, 3.8) is 0 Å². The third-order valence-corrected chi connectivity index (χ3v) is 27.2. The molecule has 90 heavy (non-hydrogen) atoms. The molecule has 19 heterocycles. The van der Waals surface area contributed by atoms with Crippen molar-refractivity contribution in [1.82, 2.24) is 49.0 Å². The molecule has 18 saturated heterocycles. The maximum Gasteiger partial charge on any atom is 0.101 e. The van der Waals surface area contributed by atoms with Gasteiger partial charge in [-0.2, -0.15) is 0 Å². The van der Waals surface area contributed by atoms with Gasteiger partial charge >= 0.3 is 0 Å². The minimum atomic E-state index is 0.620. The van der Waals surface area contributed by atoms with Crippen molar-refractivity contribution in [3.8, 4) is 0 Å². The second-order valence-electron chi connectivity index (χ2n) is 35.0. The summed E-state index contributed by atoms with van der Waals surface area (Å²) in [4.78, 5) is 25.0. The first-order valence-corrected chi connectivity index (χ1v) is 39.0. The van der Waals surface area contributed by atoms with E-state index in [-0.39, 0.29) is 0 Å². The lowest BCUT2D eigenvalue weighted by atomic mass is 9.80. The first-order valence-electron chi connectivity index (χ1n) is 39.0. The van der Waals surface area contributed by atoms with Crippen molar-refractivity contribution in [2.75, 3.05) is 129 Å². The summed E-state index contributed by atoms with van der Waals surface area (Å²) in [5.74, 6) is 9.65. The fourth-order valence-corrected chi connectivity index (χ4v) is 20.9. The number of epoxide rings is 2. The Labute approximate surface area is 557 Å². The van der Waals surface area contributed by atoms with Gasteiger partial charge in [-0.3, -0.25) is 14.7 Å². The van der Waals surface area contributed by atoms with Crippen LogP contribution >= 0.6 is 0 Å². The summed E-state index contributed by atoms with van der Waals surface area (Å²) < 4.78 is 11.1. The van der Waals surface area contributed by atoms with E-state index in [4.69, 9.17) is 9.47 Å². The van der Waals surface area contributed by atoms with E-state index in [1.165, 1.54) is 207 Å². The molecule has 19 aliphatic heterocycles. The van der Waals surface area contributed by atoms with Gasteiger partial charge in [0.05, 0.1) is 0 Å². The standard InChI is InChI=1S/C9H15NO.C9H17N.C9H15N.C8H13NO.2C8H15N.3C7H15N.C6H13N/c1-5-3-6-8-9(11-8)7(4-5)10(6)2;2*1-7-5-8-3-4-9(6-7)10(8)2;1-4-3-5-7-8(10-7)6(4)9(5)2;1-6-5-7-3-4-8(6)9(7)2;1-7-6-9-4-2-8(7)3-5-9;1-7-3-5-8(2)6-4-7;1-7-4-3-5-8(2)6-7;1-3-7-5-4-6-8(7)2;1-6-3-4-7(2)5-6/h5-9H,3-4H2,1-2H3;7-9H,3-6H2,1-2H3;3-4,7-9H,5-6H2,1-2H3;4-8H,3H2,1-2H3;6-8H,3-5H2,1-2H3;7-8H,2-6H2,1H3;3*7H,3-6H2,1-2H3;6H,3-5H2,1-2H3. The number of ether oxygens (including phenoxy) is 2. The molecule has 0 spiro atoms. The minimum absolute atomic E-state index is 0.620. The SMILES string of the molecule is CC1CC2C3OC3C(C1)N2C.CC1CC2C3OC3C1N2C.CC1CC2C=CC(C1)N2C.CC1CC2CCC(C1)N2C.CC1CC2CCC1N2C.CC1CCCN(C)C1.CC1CCN(C)C1.CC1CCN(C)CC1.CC1CN2CCC1CC2.CCC1CCCN1C. The van der Waals surface area contributed by atoms with Gasteiger partial charge in [-0.15, -0.1) is 0 Å². The Morgan fingerprint density at radius 2 is 0.844 bits per heavy atom. The summed E-state index contributed by atoms with van der Waals surface area (Å²) >= 11 is 0. The van der Waals surface area contributed by atoms with Crippen LogP contribution in [0, 0.1) is 59.2 Å². The number of hydrogen-bond donors (Lipinski definition) is 0. The summed E-state index contributed by atoms with van der Waals surface area (Å²) in [6.07, 6.45) is 38.4. The molecule has 19 rings (SSSR count). The van der Waals surface area contributed by atoms with Crippen molar-refractivity contribution >= 4 is 0 Å². The van der Waals surface area contributed by atoms with E-state index in [0.29, 0.717) is 24.4 Å². The van der Waals surface area contributed by atoms with Crippen LogP contribution in [0.25, 0.3) is 0 Å². The molecule has 0 saturated carbocycles. The van der Waals surface area contributed by atoms with Crippen LogP contribution in [0.4, 0.5) is 0 Å². The average Bonchev–Trinajstić information content (AvgIpc) is 1.56. The monoisotopic (exact) mass is 1260 g/mol. The predicted octanol–water partition coefficient (Wildman–Crippen LogP) is 12.9. The quantitative estimate of drug-likeness (QED) is 0.186. The molecule has 0 N–H and O–H groups in total. The highest BCUT2D eigenvalue weighted by atomic mass is 16.6. The molecule has 0 radical (unpaired) electrons. The van der Waals surface area contributed by atoms with E-state index in [9.17, 15) is 0 Å². The molecule has 0 aromatic heterocycles. The van der Waals surface area contributed by atoms with Gasteiger partial charge in [0.25, 0.3) is 0 Å². The zero-order valence-corrected chi connectivity index (χ0v) is 62.5. The van der Waals surface area contributed by atoms with Crippen molar-refractivity contribution in [2.24, 2.45) is 59.2 Å². The van der Waals surface area contributed by atoms with Gasteiger partial charge in [0.15, 0.2) is 0 Å². The minimum Gasteiger partial charge on any atom is -0.366 e. The summed E-state index contributed by atoms with van der Waals surface area (Å²) in [5, 5.41) is 0. The maximum atomic E-state index is 5.60. The Morgan fingerprint density at radius 3 is 1.22 bits per heavy atom. The third-order valence-electron chi connectivity index (χ3n) is 27.2. The van der Waals surface area contributed by atoms with Crippen molar-refractivity contribution < 1.29 is 9.47 Å². The number of likely N-dealkylation sites (tertiary alicyclic amines) is 4. The highest BCUT2D eigenvalue weighted by molar-refractivity contribution is 5.17. The Bertz CT molecular complexity index is 2030. The van der Waals surface area contributed by atoms with Crippen LogP contribution in [0.5, 0.6) is 0 Å². The van der Waals surface area contributed by atoms with Crippen LogP contribution in [0.1, 0.15) is 210 Å². The number of morpholine rings is 2. The van der Waals surface area contributed by atoms with Crippen LogP contribution < -0.4 is 0 Å². The summed E-state index contributed by atoms with van der Waals surface area (Å²) in [6, 6.07) is 9.22. The van der Waals surface area contributed by atoms with Gasteiger partial charge in [0.1, 0.15) is 24.4 Å². The molecule has 0 aromatic rings. The van der Waals surface area contributed by atoms with Gasteiger partial charge in [0, 0.05) is 86.1 Å². The van der Waals surface area contributed by atoms with E-state index >= 15 is 0 Å². The second kappa shape index (κ2) is 34.2. The number of hydrogen-bond acceptors (Lipinski definition) is 12. The first-order chi connectivity index (χ1) is 43.0. The number of fused-ring (bicyclic) bond motifs is 19. The van der Waals surface area contributed by atoms with Gasteiger partial charge in [-0.25, -0.2) is 0 Å². The molecule has 522 valence electrons. The molecule has 0 aromatic carbocycles. The molecule has 12 heteroatoms. The van der Waals surface area contributed by atoms with Crippen molar-refractivity contribution in [3.05, 3.63) is 12.2 Å². The maximum absolute atomic E-state index is 5.60. The topological polar surface area (TPSA) is 57.5 Å². The van der Waals surface area contributed by atoms with Crippen molar-refractivity contribution in [2.45, 2.75) is 301 Å². The number of likely N-dealkylation sites (N-methyl/N-ethyl adjacent to an activating group) is 3. The van der Waals surface area contributed by atoms with Crippen LogP contribution in [0.2, 0.25) is 0 Å².